The predicted molar refractivity (Wildman–Crippen MR) is 52.6 cm³/mol. The fraction of sp³-hybridized carbons (Fsp3) is 0.818. The third-order valence-corrected chi connectivity index (χ3v) is 3.67. The van der Waals surface area contributed by atoms with Gasteiger partial charge in [-0.2, -0.15) is 0 Å². The lowest BCUT2D eigenvalue weighted by atomic mass is 9.83. The second-order valence-corrected chi connectivity index (χ2v) is 4.54. The number of hydrogen-bond donors (Lipinski definition) is 1. The molecule has 0 aliphatic carbocycles. The highest BCUT2D eigenvalue weighted by atomic mass is 16.5. The van der Waals surface area contributed by atoms with E-state index in [9.17, 15) is 0 Å². The Hall–Kier alpha value is -0.540. The first-order valence-corrected chi connectivity index (χ1v) is 5.58. The van der Waals surface area contributed by atoms with Gasteiger partial charge in [0.15, 0.2) is 0 Å². The smallest absolute Gasteiger partial charge is 0.109 e. The number of fused-ring (bicyclic) bond motifs is 2. The van der Waals surface area contributed by atoms with Crippen LogP contribution < -0.4 is 5.73 Å². The lowest BCUT2D eigenvalue weighted by Gasteiger charge is -2.25. The fourth-order valence-electron chi connectivity index (χ4n) is 2.94. The van der Waals surface area contributed by atoms with Gasteiger partial charge in [0.05, 0.1) is 24.9 Å². The zero-order valence-electron chi connectivity index (χ0n) is 8.32. The van der Waals surface area contributed by atoms with E-state index in [1.165, 1.54) is 12.8 Å². The van der Waals surface area contributed by atoms with Crippen molar-refractivity contribution in [3.05, 3.63) is 11.8 Å². The molecule has 2 saturated heterocycles. The van der Waals surface area contributed by atoms with E-state index in [0.717, 1.165) is 25.2 Å². The molecule has 0 saturated carbocycles. The quantitative estimate of drug-likeness (QED) is 0.719. The van der Waals surface area contributed by atoms with Crippen LogP contribution in [0.25, 0.3) is 0 Å². The molecular weight excluding hydrogens is 178 g/mol. The lowest BCUT2D eigenvalue weighted by Crippen LogP contribution is -2.38. The molecule has 3 nitrogen and oxygen atoms in total. The second kappa shape index (κ2) is 3.24. The first kappa shape index (κ1) is 8.74. The van der Waals surface area contributed by atoms with Crippen molar-refractivity contribution in [2.24, 2.45) is 11.7 Å². The topological polar surface area (TPSA) is 44.5 Å². The highest BCUT2D eigenvalue weighted by molar-refractivity contribution is 5.11. The summed E-state index contributed by atoms with van der Waals surface area (Å²) in [7, 11) is 0. The molecule has 78 valence electrons. The predicted octanol–water partition coefficient (Wildman–Crippen LogP) is 1.19. The Morgan fingerprint density at radius 3 is 2.93 bits per heavy atom. The van der Waals surface area contributed by atoms with Crippen molar-refractivity contribution in [2.75, 3.05) is 6.61 Å². The minimum absolute atomic E-state index is 0.0767. The Morgan fingerprint density at radius 1 is 1.43 bits per heavy atom. The molecule has 2 fully saturated rings. The van der Waals surface area contributed by atoms with Crippen molar-refractivity contribution in [1.29, 1.82) is 0 Å². The van der Waals surface area contributed by atoms with Crippen LogP contribution in [0.1, 0.15) is 25.7 Å². The van der Waals surface area contributed by atoms with Crippen LogP contribution in [0.5, 0.6) is 0 Å². The molecule has 4 unspecified atom stereocenters. The average Bonchev–Trinajstić information content (AvgIpc) is 2.93. The number of nitrogens with two attached hydrogens (primary N) is 1. The highest BCUT2D eigenvalue weighted by Gasteiger charge is 2.44. The summed E-state index contributed by atoms with van der Waals surface area (Å²) in [6.07, 6.45) is 7.59. The molecule has 3 heterocycles. The molecule has 0 aromatic rings. The minimum atomic E-state index is 0.0767. The van der Waals surface area contributed by atoms with E-state index in [1.54, 1.807) is 0 Å². The molecule has 3 aliphatic heterocycles. The van der Waals surface area contributed by atoms with Crippen LogP contribution in [0.15, 0.2) is 11.8 Å². The van der Waals surface area contributed by atoms with Crippen LogP contribution in [0, 0.1) is 5.92 Å². The third kappa shape index (κ3) is 1.27. The molecule has 2 bridgehead atoms. The molecule has 3 heteroatoms. The Kier molecular flexibility index (Phi) is 2.03. The van der Waals surface area contributed by atoms with Crippen LogP contribution in [0.3, 0.4) is 0 Å². The minimum Gasteiger partial charge on any atom is -0.496 e. The monoisotopic (exact) mass is 195 g/mol. The summed E-state index contributed by atoms with van der Waals surface area (Å²) in [5.41, 5.74) is 6.20. The molecule has 3 rings (SSSR count). The maximum atomic E-state index is 6.20. The summed E-state index contributed by atoms with van der Waals surface area (Å²) in [5, 5.41) is 0. The highest BCUT2D eigenvalue weighted by Crippen LogP contribution is 2.41. The molecule has 0 radical (unpaired) electrons. The fourth-order valence-corrected chi connectivity index (χ4v) is 2.94. The molecule has 4 atom stereocenters. The van der Waals surface area contributed by atoms with Crippen molar-refractivity contribution in [1.82, 2.24) is 0 Å². The number of ether oxygens (including phenoxy) is 2. The van der Waals surface area contributed by atoms with E-state index in [2.05, 4.69) is 6.08 Å². The normalized spacial score (nSPS) is 42.4. The SMILES string of the molecule is NC(C1=CCCO1)C1CC2CCC1O2. The van der Waals surface area contributed by atoms with Gasteiger partial charge >= 0.3 is 0 Å². The largest absolute Gasteiger partial charge is 0.496 e. The first-order valence-electron chi connectivity index (χ1n) is 5.58. The van der Waals surface area contributed by atoms with Gasteiger partial charge in [0, 0.05) is 12.3 Å². The van der Waals surface area contributed by atoms with Gasteiger partial charge in [0.25, 0.3) is 0 Å². The van der Waals surface area contributed by atoms with Crippen LogP contribution in [0.4, 0.5) is 0 Å². The molecule has 0 spiro atoms. The molecular formula is C11H17NO2. The van der Waals surface area contributed by atoms with Crippen molar-refractivity contribution in [3.63, 3.8) is 0 Å². The molecule has 0 aromatic heterocycles. The van der Waals surface area contributed by atoms with Gasteiger partial charge < -0.3 is 15.2 Å². The van der Waals surface area contributed by atoms with E-state index < -0.39 is 0 Å². The van der Waals surface area contributed by atoms with Crippen molar-refractivity contribution in [3.8, 4) is 0 Å². The van der Waals surface area contributed by atoms with Gasteiger partial charge in [-0.15, -0.1) is 0 Å². The second-order valence-electron chi connectivity index (χ2n) is 4.54. The van der Waals surface area contributed by atoms with Crippen LogP contribution in [-0.4, -0.2) is 24.9 Å². The van der Waals surface area contributed by atoms with Gasteiger partial charge in [0.1, 0.15) is 5.76 Å². The van der Waals surface area contributed by atoms with E-state index >= 15 is 0 Å². The summed E-state index contributed by atoms with van der Waals surface area (Å²) in [5.74, 6) is 1.50. The standard InChI is InChI=1S/C11H17NO2/c12-11(10-2-1-5-13-10)8-6-7-3-4-9(8)14-7/h2,7-9,11H,1,3-6,12H2. The number of rotatable bonds is 2. The lowest BCUT2D eigenvalue weighted by molar-refractivity contribution is 0.0858. The zero-order chi connectivity index (χ0) is 9.54. The van der Waals surface area contributed by atoms with E-state index in [0.29, 0.717) is 18.1 Å². The zero-order valence-corrected chi connectivity index (χ0v) is 8.32. The molecule has 0 aromatic carbocycles. The van der Waals surface area contributed by atoms with Crippen LogP contribution >= 0.6 is 0 Å². The third-order valence-electron chi connectivity index (χ3n) is 3.67. The van der Waals surface area contributed by atoms with Crippen molar-refractivity contribution in [2.45, 2.75) is 43.9 Å². The van der Waals surface area contributed by atoms with Crippen LogP contribution in [0.2, 0.25) is 0 Å². The Bertz CT molecular complexity index is 264. The molecule has 0 amide bonds. The summed E-state index contributed by atoms with van der Waals surface area (Å²) in [6.45, 7) is 0.810. The summed E-state index contributed by atoms with van der Waals surface area (Å²) in [6, 6.07) is 0.0767. The summed E-state index contributed by atoms with van der Waals surface area (Å²) in [4.78, 5) is 0. The first-order chi connectivity index (χ1) is 6.84. The maximum absolute atomic E-state index is 6.20. The molecule has 3 aliphatic rings. The Labute approximate surface area is 84.2 Å². The number of hydrogen-bond acceptors (Lipinski definition) is 3. The van der Waals surface area contributed by atoms with Crippen molar-refractivity contribution >= 4 is 0 Å². The van der Waals surface area contributed by atoms with Gasteiger partial charge in [-0.1, -0.05) is 0 Å². The maximum Gasteiger partial charge on any atom is 0.109 e. The van der Waals surface area contributed by atoms with E-state index in [-0.39, 0.29) is 6.04 Å². The molecule has 14 heavy (non-hydrogen) atoms. The van der Waals surface area contributed by atoms with Crippen molar-refractivity contribution < 1.29 is 9.47 Å². The van der Waals surface area contributed by atoms with E-state index in [1.807, 2.05) is 0 Å². The van der Waals surface area contributed by atoms with Crippen LogP contribution in [-0.2, 0) is 9.47 Å². The molecule has 2 N–H and O–H groups in total. The van der Waals surface area contributed by atoms with Gasteiger partial charge in [-0.25, -0.2) is 0 Å². The summed E-state index contributed by atoms with van der Waals surface area (Å²) >= 11 is 0. The summed E-state index contributed by atoms with van der Waals surface area (Å²) < 4.78 is 11.3. The van der Waals surface area contributed by atoms with E-state index in [4.69, 9.17) is 15.2 Å². The Morgan fingerprint density at radius 2 is 2.36 bits per heavy atom. The van der Waals surface area contributed by atoms with Gasteiger partial charge in [-0.05, 0) is 25.3 Å². The van der Waals surface area contributed by atoms with Gasteiger partial charge in [-0.3, -0.25) is 0 Å². The van der Waals surface area contributed by atoms with Gasteiger partial charge in [0.2, 0.25) is 0 Å². The average molecular weight is 195 g/mol. The Balaban J connectivity index is 1.70.